The van der Waals surface area contributed by atoms with Gasteiger partial charge in [-0.2, -0.15) is 0 Å². The molecule has 2 saturated heterocycles. The number of benzene rings is 1. The number of methoxy groups -OCH3 is 2. The van der Waals surface area contributed by atoms with E-state index in [1.807, 2.05) is 13.8 Å². The highest BCUT2D eigenvalue weighted by molar-refractivity contribution is 5.96. The minimum atomic E-state index is -1.51. The molecule has 7 amide bonds. The molecule has 18 nitrogen and oxygen atoms in total. The third-order valence-electron chi connectivity index (χ3n) is 9.21. The normalized spacial score (nSPS) is 25.8. The Morgan fingerprint density at radius 2 is 1.42 bits per heavy atom. The van der Waals surface area contributed by atoms with Crippen molar-refractivity contribution in [1.82, 2.24) is 36.8 Å². The van der Waals surface area contributed by atoms with Crippen LogP contribution in [-0.2, 0) is 59.0 Å². The Labute approximate surface area is 319 Å². The molecule has 302 valence electrons. The van der Waals surface area contributed by atoms with Gasteiger partial charge in [-0.25, -0.2) is 9.59 Å². The van der Waals surface area contributed by atoms with E-state index >= 15 is 0 Å². The van der Waals surface area contributed by atoms with Gasteiger partial charge in [0.25, 0.3) is 0 Å². The number of amides is 7. The Hall–Kier alpha value is -5.55. The third kappa shape index (κ3) is 13.7. The Kier molecular flexibility index (Phi) is 17.0. The first-order valence-corrected chi connectivity index (χ1v) is 18.4. The molecule has 2 heterocycles. The second-order valence-electron chi connectivity index (χ2n) is 14.0. The topological polar surface area (TPSA) is 248 Å². The van der Waals surface area contributed by atoms with Gasteiger partial charge in [0.1, 0.15) is 36.3 Å². The maximum atomic E-state index is 13.6. The average molecular weight is 772 g/mol. The van der Waals surface area contributed by atoms with Crippen LogP contribution >= 0.6 is 0 Å². The maximum absolute atomic E-state index is 13.6. The number of ether oxygens (including phenoxy) is 2. The number of carbonyl (C=O) groups excluding carboxylic acids is 9. The first-order valence-electron chi connectivity index (χ1n) is 18.4. The van der Waals surface area contributed by atoms with Crippen LogP contribution < -0.4 is 31.9 Å². The van der Waals surface area contributed by atoms with Crippen molar-refractivity contribution in [1.29, 1.82) is 0 Å². The molecule has 1 aromatic carbocycles. The van der Waals surface area contributed by atoms with Crippen LogP contribution in [0.5, 0.6) is 0 Å². The molecular formula is C37H53N7O11. The summed E-state index contributed by atoms with van der Waals surface area (Å²) in [6.45, 7) is 5.11. The Balaban J connectivity index is 1.93. The van der Waals surface area contributed by atoms with E-state index in [2.05, 4.69) is 31.9 Å². The fourth-order valence-electron chi connectivity index (χ4n) is 6.31. The van der Waals surface area contributed by atoms with Crippen LogP contribution in [0.2, 0.25) is 0 Å². The van der Waals surface area contributed by atoms with E-state index in [1.165, 1.54) is 11.8 Å². The number of nitrogens with one attached hydrogen (secondary N) is 6. The largest absolute Gasteiger partial charge is 0.467 e. The van der Waals surface area contributed by atoms with E-state index in [-0.39, 0.29) is 51.1 Å². The molecule has 3 rings (SSSR count). The summed E-state index contributed by atoms with van der Waals surface area (Å²) in [5.41, 5.74) is 0.691. The molecular weight excluding hydrogens is 718 g/mol. The number of nitrogens with zero attached hydrogens (tertiary/aromatic N) is 1. The number of hydrogen-bond donors (Lipinski definition) is 6. The zero-order chi connectivity index (χ0) is 40.7. The average Bonchev–Trinajstić information content (AvgIpc) is 3.65. The molecule has 0 spiro atoms. The lowest BCUT2D eigenvalue weighted by molar-refractivity contribution is -0.147. The van der Waals surface area contributed by atoms with Gasteiger partial charge in [-0.15, -0.1) is 0 Å². The predicted molar refractivity (Wildman–Crippen MR) is 195 cm³/mol. The third-order valence-corrected chi connectivity index (χ3v) is 9.21. The van der Waals surface area contributed by atoms with Gasteiger partial charge in [0, 0.05) is 32.4 Å². The highest BCUT2D eigenvalue weighted by Gasteiger charge is 2.37. The summed E-state index contributed by atoms with van der Waals surface area (Å²) in [6.07, 6.45) is -0.246. The van der Waals surface area contributed by atoms with E-state index in [0.717, 1.165) is 14.2 Å². The van der Waals surface area contributed by atoms with Gasteiger partial charge in [0.05, 0.1) is 20.6 Å². The van der Waals surface area contributed by atoms with Gasteiger partial charge in [-0.3, -0.25) is 33.6 Å². The molecule has 2 aliphatic heterocycles. The summed E-state index contributed by atoms with van der Waals surface area (Å²) in [6, 6.07) is 1.66. The van der Waals surface area contributed by atoms with Gasteiger partial charge in [0.15, 0.2) is 0 Å². The summed E-state index contributed by atoms with van der Waals surface area (Å²) in [5, 5.41) is 15.4. The SMILES string of the molecule is COC(=O)C1CCC(=O)N2CCC[C@H]2C(=O)N[C@H](C)C(=O)N[C@@H](CC(C)C)C(=O)N[C@@H](C(=O)OC)CC(=O)N[C@@H](Cc2ccccc2)C(=O)NCCC(=O)N1. The summed E-state index contributed by atoms with van der Waals surface area (Å²) >= 11 is 0. The molecule has 1 aromatic rings. The molecule has 6 atom stereocenters. The van der Waals surface area contributed by atoms with Crippen molar-refractivity contribution in [3.8, 4) is 0 Å². The molecule has 6 N–H and O–H groups in total. The first-order chi connectivity index (χ1) is 26.1. The van der Waals surface area contributed by atoms with Crippen molar-refractivity contribution in [3.05, 3.63) is 35.9 Å². The molecule has 2 fully saturated rings. The number of carbonyl (C=O) groups is 9. The summed E-state index contributed by atoms with van der Waals surface area (Å²) < 4.78 is 9.68. The van der Waals surface area contributed by atoms with Gasteiger partial charge in [0.2, 0.25) is 41.4 Å². The van der Waals surface area contributed by atoms with E-state index in [0.29, 0.717) is 18.4 Å². The summed E-state index contributed by atoms with van der Waals surface area (Å²) in [4.78, 5) is 120. The van der Waals surface area contributed by atoms with Crippen LogP contribution in [-0.4, -0.2) is 122 Å². The lowest BCUT2D eigenvalue weighted by Crippen LogP contribution is -2.57. The highest BCUT2D eigenvalue weighted by Crippen LogP contribution is 2.20. The molecule has 0 saturated carbocycles. The Morgan fingerprint density at radius 1 is 0.745 bits per heavy atom. The van der Waals surface area contributed by atoms with Gasteiger partial charge >= 0.3 is 11.9 Å². The monoisotopic (exact) mass is 771 g/mol. The minimum Gasteiger partial charge on any atom is -0.467 e. The lowest BCUT2D eigenvalue weighted by atomic mass is 10.0. The van der Waals surface area contributed by atoms with Crippen molar-refractivity contribution in [3.63, 3.8) is 0 Å². The molecule has 0 aromatic heterocycles. The van der Waals surface area contributed by atoms with Gasteiger partial charge in [-0.05, 0) is 44.1 Å². The number of esters is 2. The fraction of sp³-hybridized carbons (Fsp3) is 0.595. The zero-order valence-corrected chi connectivity index (χ0v) is 31.9. The van der Waals surface area contributed by atoms with Crippen molar-refractivity contribution in [2.24, 2.45) is 5.92 Å². The molecule has 0 radical (unpaired) electrons. The predicted octanol–water partition coefficient (Wildman–Crippen LogP) is -1.25. The van der Waals surface area contributed by atoms with Crippen molar-refractivity contribution < 1.29 is 52.6 Å². The second-order valence-corrected chi connectivity index (χ2v) is 14.0. The van der Waals surface area contributed by atoms with Gasteiger partial charge < -0.3 is 46.3 Å². The van der Waals surface area contributed by atoms with E-state index in [4.69, 9.17) is 9.47 Å². The Bertz CT molecular complexity index is 1570. The van der Waals surface area contributed by atoms with Crippen molar-refractivity contribution in [2.75, 3.05) is 27.3 Å². The quantitative estimate of drug-likeness (QED) is 0.187. The zero-order valence-electron chi connectivity index (χ0n) is 31.9. The van der Waals surface area contributed by atoms with Crippen LogP contribution in [0.25, 0.3) is 0 Å². The molecule has 0 bridgehead atoms. The standard InChI is InChI=1S/C37H53N7O11/c1-21(2)18-25-34(50)43-27(37(53)55-5)20-30(46)41-26(19-23-10-7-6-8-11-23)33(49)38-16-15-29(45)40-24(36(52)54-4)13-14-31(47)44-17-9-12-28(44)35(51)39-22(3)32(48)42-25/h6-8,10-11,21-22,24-28H,9,12-20H2,1-5H3,(H,38,49)(H,39,51)(H,40,45)(H,41,46)(H,42,48)(H,43,50)/t22-,24?,25+,26+,27-,28+/m1/s1. The molecule has 1 unspecified atom stereocenters. The molecule has 0 aliphatic carbocycles. The first kappa shape index (κ1) is 43.9. The fourth-order valence-corrected chi connectivity index (χ4v) is 6.31. The highest BCUT2D eigenvalue weighted by atomic mass is 16.5. The van der Waals surface area contributed by atoms with Gasteiger partial charge in [-0.1, -0.05) is 44.2 Å². The Morgan fingerprint density at radius 3 is 2.07 bits per heavy atom. The molecule has 18 heteroatoms. The van der Waals surface area contributed by atoms with Crippen LogP contribution in [0, 0.1) is 5.92 Å². The lowest BCUT2D eigenvalue weighted by Gasteiger charge is -2.27. The maximum Gasteiger partial charge on any atom is 0.328 e. The van der Waals surface area contributed by atoms with Crippen molar-refractivity contribution >= 4 is 53.3 Å². The second kappa shape index (κ2) is 21.4. The van der Waals surface area contributed by atoms with Crippen LogP contribution in [0.15, 0.2) is 30.3 Å². The summed E-state index contributed by atoms with van der Waals surface area (Å²) in [5.74, 6) is -6.47. The minimum absolute atomic E-state index is 0.0351. The van der Waals surface area contributed by atoms with Crippen LogP contribution in [0.1, 0.15) is 71.3 Å². The summed E-state index contributed by atoms with van der Waals surface area (Å²) in [7, 11) is 2.21. The van der Waals surface area contributed by atoms with Crippen LogP contribution in [0.4, 0.5) is 0 Å². The number of fused-ring (bicyclic) bond motifs is 1. The van der Waals surface area contributed by atoms with E-state index < -0.39 is 96.0 Å². The van der Waals surface area contributed by atoms with E-state index in [9.17, 15) is 43.2 Å². The number of rotatable bonds is 6. The molecule has 55 heavy (non-hydrogen) atoms. The molecule has 2 aliphatic rings. The van der Waals surface area contributed by atoms with Crippen molar-refractivity contribution in [2.45, 2.75) is 108 Å². The number of hydrogen-bond acceptors (Lipinski definition) is 11. The smallest absolute Gasteiger partial charge is 0.328 e. The van der Waals surface area contributed by atoms with E-state index in [1.54, 1.807) is 30.3 Å². The van der Waals surface area contributed by atoms with Crippen LogP contribution in [0.3, 0.4) is 0 Å².